The lowest BCUT2D eigenvalue weighted by Gasteiger charge is -2.42. The second-order valence-electron chi connectivity index (χ2n) is 16.5. The van der Waals surface area contributed by atoms with Crippen LogP contribution in [0.15, 0.2) is 54.9 Å². The Kier molecular flexibility index (Phi) is 10.5. The first-order valence-corrected chi connectivity index (χ1v) is 20.6. The third kappa shape index (κ3) is 7.97. The van der Waals surface area contributed by atoms with E-state index in [9.17, 15) is 14.4 Å². The van der Waals surface area contributed by atoms with Gasteiger partial charge in [0.15, 0.2) is 0 Å². The lowest BCUT2D eigenvalue weighted by molar-refractivity contribution is -0.134. The molecule has 3 amide bonds. The van der Waals surface area contributed by atoms with Gasteiger partial charge in [-0.3, -0.25) is 34.9 Å². The fourth-order valence-electron chi connectivity index (χ4n) is 9.02. The molecular weight excluding hydrogens is 759 g/mol. The third-order valence-corrected chi connectivity index (χ3v) is 12.2. The van der Waals surface area contributed by atoms with Crippen molar-refractivity contribution in [2.45, 2.75) is 64.0 Å². The molecule has 3 fully saturated rings. The molecule has 2 bridgehead atoms. The first-order valence-electron chi connectivity index (χ1n) is 20.6. The summed E-state index contributed by atoms with van der Waals surface area (Å²) in [6.45, 7) is 7.95. The van der Waals surface area contributed by atoms with Gasteiger partial charge in [-0.25, -0.2) is 18.4 Å². The van der Waals surface area contributed by atoms with Gasteiger partial charge in [-0.2, -0.15) is 5.10 Å². The zero-order valence-electron chi connectivity index (χ0n) is 33.2. The van der Waals surface area contributed by atoms with Crippen LogP contribution in [0.2, 0.25) is 0 Å². The first-order chi connectivity index (χ1) is 28.6. The summed E-state index contributed by atoms with van der Waals surface area (Å²) in [5.74, 6) is -2.01. The van der Waals surface area contributed by atoms with Crippen LogP contribution in [0.4, 0.5) is 26.1 Å². The van der Waals surface area contributed by atoms with Crippen LogP contribution >= 0.6 is 0 Å². The summed E-state index contributed by atoms with van der Waals surface area (Å²) in [6.07, 6.45) is 7.05. The number of nitrogens with zero attached hydrogens (tertiary/aromatic N) is 7. The molecule has 59 heavy (non-hydrogen) atoms. The van der Waals surface area contributed by atoms with E-state index in [1.807, 2.05) is 13.1 Å². The van der Waals surface area contributed by atoms with Gasteiger partial charge in [0.2, 0.25) is 23.6 Å². The number of piperazine rings is 1. The molecule has 1 aliphatic carbocycles. The average Bonchev–Trinajstić information content (AvgIpc) is 3.74. The molecule has 5 aromatic rings. The summed E-state index contributed by atoms with van der Waals surface area (Å²) in [5, 5.41) is 12.9. The van der Waals surface area contributed by atoms with Crippen molar-refractivity contribution < 1.29 is 27.9 Å². The van der Waals surface area contributed by atoms with Gasteiger partial charge < -0.3 is 19.5 Å². The van der Waals surface area contributed by atoms with E-state index in [1.165, 1.54) is 12.1 Å². The van der Waals surface area contributed by atoms with E-state index in [2.05, 4.69) is 59.5 Å². The van der Waals surface area contributed by atoms with E-state index in [1.54, 1.807) is 29.2 Å². The maximum absolute atomic E-state index is 15.0. The first kappa shape index (κ1) is 38.6. The van der Waals surface area contributed by atoms with Crippen molar-refractivity contribution >= 4 is 46.1 Å². The number of amides is 3. The Morgan fingerprint density at radius 2 is 1.76 bits per heavy atom. The Bertz CT molecular complexity index is 2400. The highest BCUT2D eigenvalue weighted by atomic mass is 19.1. The second kappa shape index (κ2) is 16.0. The number of fused-ring (bicyclic) bond motifs is 7. The van der Waals surface area contributed by atoms with Gasteiger partial charge in [-0.15, -0.1) is 0 Å². The molecule has 2 saturated heterocycles. The van der Waals surface area contributed by atoms with Crippen molar-refractivity contribution in [3.8, 4) is 17.1 Å². The Balaban J connectivity index is 0.824. The van der Waals surface area contributed by atoms with E-state index in [0.717, 1.165) is 80.7 Å². The smallest absolute Gasteiger partial charge is 0.258 e. The van der Waals surface area contributed by atoms with Crippen molar-refractivity contribution in [2.75, 3.05) is 54.9 Å². The Morgan fingerprint density at radius 3 is 2.54 bits per heavy atom. The van der Waals surface area contributed by atoms with Crippen LogP contribution < -0.4 is 25.6 Å². The number of carbonyl (C=O) groups is 3. The number of aromatic nitrogens is 5. The summed E-state index contributed by atoms with van der Waals surface area (Å²) in [4.78, 5) is 51.7. The highest BCUT2D eigenvalue weighted by Gasteiger charge is 2.35. The minimum Gasteiger partial charge on any atom is -0.477 e. The van der Waals surface area contributed by atoms with Crippen molar-refractivity contribution in [3.63, 3.8) is 0 Å². The number of imide groups is 1. The number of aryl methyl sites for hydroxylation is 1. The number of halogens is 2. The standard InChI is InChI=1S/C43H48F2N10O4/c1-25-4-3-15-59-42-32(22-47-52(42)2)36-18-27(9-10-46-36)40(57)51-43-49-35-7-5-30(21-37(35)55(43)23-25)54-13-11-53(12-14-54)24-26-16-28(17-26)48-29-19-33(44)39(34(45)20-29)31-6-8-38(56)50-41(31)58/h5,7,9-10,18-22,25-26,28,31,48H,3-4,6,8,11-17,23-24H2,1-2H3,(H,49,51,57)(H,50,56,58)/t25-,26?,28?,31-/m1/s1. The molecule has 2 atom stereocenters. The molecule has 308 valence electrons. The van der Waals surface area contributed by atoms with Gasteiger partial charge in [0.05, 0.1) is 41.0 Å². The number of carbonyl (C=O) groups excluding carboxylic acids is 3. The third-order valence-electron chi connectivity index (χ3n) is 12.2. The van der Waals surface area contributed by atoms with E-state index >= 15 is 8.78 Å². The van der Waals surface area contributed by atoms with Crippen LogP contribution in [0.25, 0.3) is 22.3 Å². The van der Waals surface area contributed by atoms with Gasteiger partial charge in [0.25, 0.3) is 5.91 Å². The SMILES string of the molecule is C[C@@H]1CCCOc2c(cnn2C)-c2cc(ccn2)C(=O)Nc2nc3ccc(N4CCN(CC5CC(Nc6cc(F)c([C@H]7CCC(=O)NC7=O)c(F)c6)C5)CC4)cc3n2C1. The quantitative estimate of drug-likeness (QED) is 0.182. The van der Waals surface area contributed by atoms with E-state index < -0.39 is 29.4 Å². The molecule has 2 aromatic carbocycles. The summed E-state index contributed by atoms with van der Waals surface area (Å²) < 4.78 is 40.1. The molecule has 3 N–H and O–H groups in total. The van der Waals surface area contributed by atoms with Crippen LogP contribution in [-0.2, 0) is 23.2 Å². The van der Waals surface area contributed by atoms with Crippen molar-refractivity contribution in [2.24, 2.45) is 18.9 Å². The molecule has 4 aliphatic rings. The fraction of sp³-hybridized carbons (Fsp3) is 0.442. The number of hydrogen-bond donors (Lipinski definition) is 3. The number of ether oxygens (including phenoxy) is 1. The summed E-state index contributed by atoms with van der Waals surface area (Å²) in [7, 11) is 1.84. The van der Waals surface area contributed by atoms with E-state index in [0.29, 0.717) is 47.8 Å². The molecule has 3 aromatic heterocycles. The van der Waals surface area contributed by atoms with Gasteiger partial charge in [-0.1, -0.05) is 6.92 Å². The normalized spacial score (nSPS) is 22.9. The predicted octanol–water partition coefficient (Wildman–Crippen LogP) is 5.70. The largest absolute Gasteiger partial charge is 0.477 e. The lowest BCUT2D eigenvalue weighted by Crippen LogP contribution is -2.50. The molecule has 16 heteroatoms. The number of benzene rings is 2. The number of pyridine rings is 1. The predicted molar refractivity (Wildman–Crippen MR) is 218 cm³/mol. The van der Waals surface area contributed by atoms with Crippen molar-refractivity contribution in [1.29, 1.82) is 0 Å². The maximum atomic E-state index is 15.0. The maximum Gasteiger partial charge on any atom is 0.258 e. The van der Waals surface area contributed by atoms with Crippen LogP contribution in [0, 0.1) is 23.5 Å². The molecule has 6 heterocycles. The average molecular weight is 807 g/mol. The minimum absolute atomic E-state index is 0.0556. The van der Waals surface area contributed by atoms with Gasteiger partial charge in [0.1, 0.15) is 11.6 Å². The number of rotatable bonds is 6. The molecule has 0 spiro atoms. The molecule has 1 saturated carbocycles. The molecular formula is C43H48F2N10O4. The van der Waals surface area contributed by atoms with Gasteiger partial charge >= 0.3 is 0 Å². The summed E-state index contributed by atoms with van der Waals surface area (Å²) >= 11 is 0. The van der Waals surface area contributed by atoms with Crippen LogP contribution in [-0.4, -0.2) is 92.3 Å². The highest BCUT2D eigenvalue weighted by molar-refractivity contribution is 6.05. The van der Waals surface area contributed by atoms with Crippen LogP contribution in [0.3, 0.4) is 0 Å². The number of nitrogens with one attached hydrogen (secondary N) is 3. The highest BCUT2D eigenvalue weighted by Crippen LogP contribution is 2.36. The summed E-state index contributed by atoms with van der Waals surface area (Å²) in [5.41, 5.74) is 4.79. The van der Waals surface area contributed by atoms with Crippen molar-refractivity contribution in [1.82, 2.24) is 34.5 Å². The second-order valence-corrected chi connectivity index (χ2v) is 16.5. The molecule has 0 radical (unpaired) electrons. The van der Waals surface area contributed by atoms with E-state index in [4.69, 9.17) is 9.72 Å². The minimum atomic E-state index is -1.01. The van der Waals surface area contributed by atoms with E-state index in [-0.39, 0.29) is 36.3 Å². The molecule has 0 unspecified atom stereocenters. The molecule has 14 nitrogen and oxygen atoms in total. The van der Waals surface area contributed by atoms with Crippen LogP contribution in [0.5, 0.6) is 5.88 Å². The van der Waals surface area contributed by atoms with Gasteiger partial charge in [0, 0.05) is 87.5 Å². The van der Waals surface area contributed by atoms with Crippen LogP contribution in [0.1, 0.15) is 67.3 Å². The number of imidazole rings is 1. The monoisotopic (exact) mass is 806 g/mol. The Labute approximate surface area is 340 Å². The number of anilines is 3. The zero-order chi connectivity index (χ0) is 40.8. The fourth-order valence-corrected chi connectivity index (χ4v) is 9.02. The number of hydrogen-bond acceptors (Lipinski definition) is 10. The van der Waals surface area contributed by atoms with Gasteiger partial charge in [-0.05, 0) is 86.4 Å². The zero-order valence-corrected chi connectivity index (χ0v) is 33.2. The Hall–Kier alpha value is -5.90. The topological polar surface area (TPSA) is 152 Å². The Morgan fingerprint density at radius 1 is 0.966 bits per heavy atom. The molecule has 9 rings (SSSR count). The lowest BCUT2D eigenvalue weighted by atomic mass is 9.79. The molecule has 3 aliphatic heterocycles. The summed E-state index contributed by atoms with van der Waals surface area (Å²) in [6, 6.07) is 12.4. The van der Waals surface area contributed by atoms with Crippen molar-refractivity contribution in [3.05, 3.63) is 77.6 Å². The number of piperidine rings is 1.